The van der Waals surface area contributed by atoms with E-state index >= 15 is 0 Å². The summed E-state index contributed by atoms with van der Waals surface area (Å²) in [5.74, 6) is 0.718. The minimum Gasteiger partial charge on any atom is -0.497 e. The molecular formula is C30H56O5Si2. The summed E-state index contributed by atoms with van der Waals surface area (Å²) in [6.07, 6.45) is 0.647. The van der Waals surface area contributed by atoms with Gasteiger partial charge in [-0.3, -0.25) is 0 Å². The summed E-state index contributed by atoms with van der Waals surface area (Å²) in [5.41, 5.74) is 1.05. The van der Waals surface area contributed by atoms with Gasteiger partial charge in [0.2, 0.25) is 0 Å². The largest absolute Gasteiger partial charge is 0.497 e. The van der Waals surface area contributed by atoms with E-state index in [4.69, 9.17) is 18.3 Å². The molecule has 0 N–H and O–H groups in total. The van der Waals surface area contributed by atoms with Crippen molar-refractivity contribution in [1.29, 1.82) is 0 Å². The Hall–Kier alpha value is -0.996. The molecular weight excluding hydrogens is 496 g/mol. The maximum atomic E-state index is 12.0. The topological polar surface area (TPSA) is 54.0 Å². The highest BCUT2D eigenvalue weighted by Gasteiger charge is 2.44. The van der Waals surface area contributed by atoms with Crippen LogP contribution in [0.5, 0.6) is 5.75 Å². The van der Waals surface area contributed by atoms with E-state index in [9.17, 15) is 4.79 Å². The van der Waals surface area contributed by atoms with E-state index in [0.717, 1.165) is 17.6 Å². The van der Waals surface area contributed by atoms with Gasteiger partial charge in [-0.15, -0.1) is 0 Å². The molecule has 0 spiro atoms. The van der Waals surface area contributed by atoms with Gasteiger partial charge in [-0.25, -0.2) is 0 Å². The van der Waals surface area contributed by atoms with E-state index in [1.807, 2.05) is 31.2 Å². The average molecular weight is 553 g/mol. The molecule has 5 atom stereocenters. The van der Waals surface area contributed by atoms with Gasteiger partial charge >= 0.3 is 0 Å². The van der Waals surface area contributed by atoms with Crippen LogP contribution in [0.3, 0.4) is 0 Å². The van der Waals surface area contributed by atoms with Gasteiger partial charge in [0.15, 0.2) is 16.6 Å². The molecule has 0 aliphatic heterocycles. The highest BCUT2D eigenvalue weighted by molar-refractivity contribution is 6.74. The Morgan fingerprint density at radius 2 is 1.35 bits per heavy atom. The van der Waals surface area contributed by atoms with Crippen LogP contribution in [-0.4, -0.2) is 48.8 Å². The van der Waals surface area contributed by atoms with Crippen molar-refractivity contribution in [3.8, 4) is 5.75 Å². The molecule has 0 saturated heterocycles. The van der Waals surface area contributed by atoms with Crippen molar-refractivity contribution >= 4 is 22.9 Å². The molecule has 1 rings (SSSR count). The van der Waals surface area contributed by atoms with Crippen molar-refractivity contribution < 1.29 is 23.1 Å². The molecule has 37 heavy (non-hydrogen) atoms. The van der Waals surface area contributed by atoms with Crippen LogP contribution in [0.4, 0.5) is 0 Å². The van der Waals surface area contributed by atoms with E-state index in [1.54, 1.807) is 7.11 Å². The monoisotopic (exact) mass is 552 g/mol. The van der Waals surface area contributed by atoms with Crippen molar-refractivity contribution in [1.82, 2.24) is 0 Å². The Balaban J connectivity index is 3.25. The standard InChI is InChI=1S/C30H56O5Si2/c1-22(19-31)27(33-21-25-15-17-26(32-10)18-16-25)24(3)28(35-37(13,14)30(7,8)9)23(2)20-34-36(11,12)29(4,5)6/h15-19,22-24,27-28H,20-21H2,1-14H3/t22-,23+,24+,27-,28-/m0/s1. The maximum Gasteiger partial charge on any atom is 0.192 e. The van der Waals surface area contributed by atoms with Gasteiger partial charge in [0, 0.05) is 24.4 Å². The Labute approximate surface area is 230 Å². The van der Waals surface area contributed by atoms with E-state index in [0.29, 0.717) is 13.2 Å². The number of aldehydes is 1. The van der Waals surface area contributed by atoms with Crippen molar-refractivity contribution in [2.24, 2.45) is 17.8 Å². The van der Waals surface area contributed by atoms with Crippen molar-refractivity contribution in [2.75, 3.05) is 13.7 Å². The number of hydrogen-bond acceptors (Lipinski definition) is 5. The second-order valence-corrected chi connectivity index (χ2v) is 23.4. The van der Waals surface area contributed by atoms with Gasteiger partial charge in [-0.05, 0) is 54.0 Å². The molecule has 0 bridgehead atoms. The Bertz CT molecular complexity index is 824. The zero-order valence-electron chi connectivity index (χ0n) is 26.2. The minimum atomic E-state index is -2.10. The van der Waals surface area contributed by atoms with Crippen molar-refractivity contribution in [3.63, 3.8) is 0 Å². The molecule has 7 heteroatoms. The number of benzene rings is 1. The Kier molecular flexibility index (Phi) is 12.3. The smallest absolute Gasteiger partial charge is 0.192 e. The van der Waals surface area contributed by atoms with Crippen LogP contribution in [0.15, 0.2) is 24.3 Å². The number of ether oxygens (including phenoxy) is 2. The molecule has 0 amide bonds. The molecule has 1 aromatic carbocycles. The van der Waals surface area contributed by atoms with Crippen molar-refractivity contribution in [3.05, 3.63) is 29.8 Å². The Morgan fingerprint density at radius 1 is 0.838 bits per heavy atom. The summed E-state index contributed by atoms with van der Waals surface area (Å²) >= 11 is 0. The number of carbonyl (C=O) groups is 1. The molecule has 0 unspecified atom stereocenters. The molecule has 0 saturated carbocycles. The Morgan fingerprint density at radius 3 is 1.78 bits per heavy atom. The van der Waals surface area contributed by atoms with Crippen molar-refractivity contribution in [2.45, 2.75) is 117 Å². The first-order valence-corrected chi connectivity index (χ1v) is 19.6. The number of methoxy groups -OCH3 is 1. The second kappa shape index (κ2) is 13.4. The quantitative estimate of drug-likeness (QED) is 0.172. The number of carbonyl (C=O) groups excluding carboxylic acids is 1. The first-order chi connectivity index (χ1) is 16.8. The summed E-state index contributed by atoms with van der Waals surface area (Å²) in [7, 11) is -2.34. The van der Waals surface area contributed by atoms with Crippen LogP contribution in [0.25, 0.3) is 0 Å². The van der Waals surface area contributed by atoms with Crippen LogP contribution in [-0.2, 0) is 25.0 Å². The van der Waals surface area contributed by atoms with Gasteiger partial charge < -0.3 is 23.1 Å². The molecule has 214 valence electrons. The molecule has 5 nitrogen and oxygen atoms in total. The highest BCUT2D eigenvalue weighted by atomic mass is 28.4. The normalized spacial score (nSPS) is 17.6. The SMILES string of the molecule is COc1ccc(CO[C@H]([C@@H](C)[C@@H](O[Si](C)(C)C(C)(C)C)[C@H](C)CO[Si](C)(C)C(C)(C)C)[C@@H](C)C=O)cc1. The molecule has 0 radical (unpaired) electrons. The lowest BCUT2D eigenvalue weighted by molar-refractivity contribution is -0.122. The van der Waals surface area contributed by atoms with E-state index < -0.39 is 16.6 Å². The van der Waals surface area contributed by atoms with E-state index in [1.165, 1.54) is 0 Å². The first kappa shape index (κ1) is 34.0. The van der Waals surface area contributed by atoms with E-state index in [-0.39, 0.29) is 40.0 Å². The summed E-state index contributed by atoms with van der Waals surface area (Å²) in [4.78, 5) is 12.0. The third-order valence-electron chi connectivity index (χ3n) is 8.68. The lowest BCUT2D eigenvalue weighted by Crippen LogP contribution is -2.52. The van der Waals surface area contributed by atoms with Crippen LogP contribution in [0.1, 0.15) is 67.9 Å². The molecule has 0 aromatic heterocycles. The van der Waals surface area contributed by atoms with Gasteiger partial charge in [0.1, 0.15) is 12.0 Å². The van der Waals surface area contributed by atoms with Gasteiger partial charge in [0.05, 0.1) is 25.9 Å². The third kappa shape index (κ3) is 9.61. The highest BCUT2D eigenvalue weighted by Crippen LogP contribution is 2.41. The lowest BCUT2D eigenvalue weighted by Gasteiger charge is -2.45. The zero-order chi connectivity index (χ0) is 28.8. The maximum absolute atomic E-state index is 12.0. The number of rotatable bonds is 14. The predicted octanol–water partition coefficient (Wildman–Crippen LogP) is 8.10. The summed E-state index contributed by atoms with van der Waals surface area (Å²) in [6, 6.07) is 7.88. The van der Waals surface area contributed by atoms with Crippen LogP contribution >= 0.6 is 0 Å². The molecule has 1 aromatic rings. The first-order valence-electron chi connectivity index (χ1n) is 13.8. The fourth-order valence-electron chi connectivity index (χ4n) is 3.87. The minimum absolute atomic E-state index is 0.00518. The molecule has 0 aliphatic carbocycles. The molecule has 0 fully saturated rings. The third-order valence-corrected chi connectivity index (χ3v) is 17.7. The van der Waals surface area contributed by atoms with Gasteiger partial charge in [-0.1, -0.05) is 74.4 Å². The number of hydrogen-bond donors (Lipinski definition) is 0. The average Bonchev–Trinajstić information content (AvgIpc) is 2.79. The fourth-order valence-corrected chi connectivity index (χ4v) is 6.46. The van der Waals surface area contributed by atoms with Crippen LogP contribution in [0, 0.1) is 17.8 Å². The van der Waals surface area contributed by atoms with Gasteiger partial charge in [0.25, 0.3) is 0 Å². The second-order valence-electron chi connectivity index (χ2n) is 13.9. The summed E-state index contributed by atoms with van der Waals surface area (Å²) < 4.78 is 25.5. The predicted molar refractivity (Wildman–Crippen MR) is 160 cm³/mol. The van der Waals surface area contributed by atoms with Crippen LogP contribution in [0.2, 0.25) is 36.3 Å². The zero-order valence-corrected chi connectivity index (χ0v) is 28.2. The summed E-state index contributed by atoms with van der Waals surface area (Å²) in [6.45, 7) is 30.2. The van der Waals surface area contributed by atoms with Crippen LogP contribution < -0.4 is 4.74 Å². The fraction of sp³-hybridized carbons (Fsp3) is 0.767. The van der Waals surface area contributed by atoms with E-state index in [2.05, 4.69) is 81.6 Å². The lowest BCUT2D eigenvalue weighted by atomic mass is 9.84. The molecule has 0 heterocycles. The summed E-state index contributed by atoms with van der Waals surface area (Å²) in [5, 5.41) is 0.213. The van der Waals surface area contributed by atoms with Gasteiger partial charge in [-0.2, -0.15) is 0 Å². The molecule has 0 aliphatic rings.